The molecule has 7 heterocycles. The number of amides is 1. The summed E-state index contributed by atoms with van der Waals surface area (Å²) in [5, 5.41) is 22.5. The monoisotopic (exact) mass is 1070 g/mol. The third-order valence-corrected chi connectivity index (χ3v) is 17.7. The average Bonchev–Trinajstić information content (AvgIpc) is 3.82. The molecule has 13 heteroatoms. The van der Waals surface area contributed by atoms with Gasteiger partial charge in [0.25, 0.3) is 0 Å². The van der Waals surface area contributed by atoms with E-state index in [4.69, 9.17) is 14.2 Å². The van der Waals surface area contributed by atoms with E-state index in [1.165, 1.54) is 42.6 Å². The van der Waals surface area contributed by atoms with E-state index in [-0.39, 0.29) is 138 Å². The molecule has 10 nitrogen and oxygen atoms in total. The zero-order valence-corrected chi connectivity index (χ0v) is 47.5. The summed E-state index contributed by atoms with van der Waals surface area (Å²) < 4.78 is 17.4. The SMILES string of the molecule is C=C1[C-](C)CC2O[C@]2(C)CC[C@@H]2[C@@H]1CC2(C)C.C[C-]1C[C@@H](C)[C@@H]2CC[C@@](C)(OO)O[C@H]3OC(=O)[C@H](C)[C@H]1C32.C[C-]1C[C@H]2CN3C(=O)CCC[C@@H]3[C@H]3CCC[N+]([O-])(C1)[C@@H]23.[Y].[Y].[Y]. The van der Waals surface area contributed by atoms with E-state index in [0.29, 0.717) is 53.6 Å². The Morgan fingerprint density at radius 1 is 0.934 bits per heavy atom. The van der Waals surface area contributed by atoms with Crippen LogP contribution in [0.2, 0.25) is 0 Å². The topological polar surface area (TPSA) is 121 Å². The number of hydrogen-bond donors (Lipinski definition) is 1. The summed E-state index contributed by atoms with van der Waals surface area (Å²) in [7, 11) is 0. The number of allylic oxidation sites excluding steroid dienone is 1. The first-order valence-corrected chi connectivity index (χ1v) is 23.2. The number of fused-ring (bicyclic) bond motifs is 4. The quantitative estimate of drug-likeness (QED) is 0.0526. The molecule has 0 bridgehead atoms. The summed E-state index contributed by atoms with van der Waals surface area (Å²) in [5.74, 6) is 6.93. The second kappa shape index (κ2) is 20.3. The molecule has 0 spiro atoms. The van der Waals surface area contributed by atoms with Crippen LogP contribution in [0.3, 0.4) is 0 Å². The number of quaternary nitrogens is 1. The molecule has 7 aliphatic heterocycles. The molecule has 0 aromatic carbocycles. The smallest absolute Gasteiger partial charge is 0.308 e. The maximum absolute atomic E-state index is 13.3. The van der Waals surface area contributed by atoms with E-state index in [9.17, 15) is 20.1 Å². The van der Waals surface area contributed by atoms with Crippen molar-refractivity contribution in [2.24, 2.45) is 58.7 Å². The first-order valence-electron chi connectivity index (χ1n) is 23.2. The molecule has 7 saturated heterocycles. The van der Waals surface area contributed by atoms with Crippen LogP contribution in [0.4, 0.5) is 0 Å². The van der Waals surface area contributed by atoms with Crippen LogP contribution in [-0.2, 0) is 127 Å². The molecule has 10 aliphatic rings. The standard InChI is InChI=1S/C16H25N2O2.C16H25O5.C16H25O.3Y/c1-11-8-12-9-17-14(5-2-6-15(17)19)13-4-3-7-18(20,10-11)16(12)13;1-8-7-9(2)12-10(3)14(17)19-15-13(12)11(8)5-6-16(4,20-15)21-18;1-10-8-14-16(5,17-14)7-6-13-12(11(10)2)9-15(13,3)4;;;/h12-14,16H,2-10H2,1H3;8,10-13,15,18H,5-7H2,1-4H3;12-14H,2,6-9H2,1,3-5H3;;;/q3*-1;;;/t12-,13+,14+,16-,18?;8-,10-,11+,12+,13?,15-,16-;12-,13-,14?,16-;;;/m011.../s1. The van der Waals surface area contributed by atoms with Gasteiger partial charge in [0.05, 0.1) is 24.3 Å². The number of ether oxygens (including phenoxy) is 3. The van der Waals surface area contributed by atoms with Crippen LogP contribution in [0.25, 0.3) is 0 Å². The van der Waals surface area contributed by atoms with Gasteiger partial charge in [0.2, 0.25) is 18.0 Å². The normalized spacial score (nSPS) is 46.9. The Kier molecular flexibility index (Phi) is 17.8. The molecule has 337 valence electrons. The number of carbonyl (C=O) groups excluding carboxylic acids is 2. The molecule has 10 fully saturated rings. The Labute approximate surface area is 443 Å². The molecule has 16 atom stereocenters. The minimum absolute atomic E-state index is 0. The number of piperidine rings is 4. The maximum atomic E-state index is 13.3. The van der Waals surface area contributed by atoms with Crippen LogP contribution >= 0.6 is 0 Å². The third kappa shape index (κ3) is 10.3. The predicted octanol–water partition coefficient (Wildman–Crippen LogP) is 9.23. The first-order chi connectivity index (χ1) is 27.3. The van der Waals surface area contributed by atoms with Crippen molar-refractivity contribution < 1.29 is 137 Å². The van der Waals surface area contributed by atoms with Crippen molar-refractivity contribution in [1.29, 1.82) is 0 Å². The molecular weight excluding hydrogens is 999 g/mol. The van der Waals surface area contributed by atoms with Crippen molar-refractivity contribution in [3.63, 3.8) is 0 Å². The van der Waals surface area contributed by atoms with Gasteiger partial charge in [0.15, 0.2) is 0 Å². The van der Waals surface area contributed by atoms with Crippen LogP contribution in [0.15, 0.2) is 12.2 Å². The zero-order valence-electron chi connectivity index (χ0n) is 39.0. The molecule has 61 heavy (non-hydrogen) atoms. The summed E-state index contributed by atoms with van der Waals surface area (Å²) in [6.45, 7) is 26.3. The Morgan fingerprint density at radius 3 is 2.34 bits per heavy atom. The van der Waals surface area contributed by atoms with Crippen LogP contribution in [0.5, 0.6) is 0 Å². The fraction of sp³-hybridized carbons (Fsp3) is 0.854. The van der Waals surface area contributed by atoms with Gasteiger partial charge in [0.1, 0.15) is 0 Å². The fourth-order valence-corrected chi connectivity index (χ4v) is 14.6. The van der Waals surface area contributed by atoms with Crippen LogP contribution < -0.4 is 0 Å². The number of hydroxylamine groups is 3. The van der Waals surface area contributed by atoms with E-state index in [0.717, 1.165) is 89.3 Å². The fourth-order valence-electron chi connectivity index (χ4n) is 14.6. The first kappa shape index (κ1) is 53.6. The van der Waals surface area contributed by atoms with Crippen molar-refractivity contribution in [2.45, 2.75) is 182 Å². The molecule has 10 rings (SSSR count). The Morgan fingerprint density at radius 2 is 1.66 bits per heavy atom. The van der Waals surface area contributed by atoms with Gasteiger partial charge >= 0.3 is 5.97 Å². The maximum Gasteiger partial charge on any atom is 0.308 e. The molecule has 3 aliphatic carbocycles. The molecule has 0 aromatic rings. The van der Waals surface area contributed by atoms with Crippen LogP contribution in [0.1, 0.15) is 146 Å². The van der Waals surface area contributed by atoms with Crippen molar-refractivity contribution in [3.05, 3.63) is 35.1 Å². The van der Waals surface area contributed by atoms with Crippen molar-refractivity contribution in [3.8, 4) is 0 Å². The Bertz CT molecular complexity index is 1590. The summed E-state index contributed by atoms with van der Waals surface area (Å²) >= 11 is 0. The van der Waals surface area contributed by atoms with Crippen molar-refractivity contribution >= 4 is 11.9 Å². The number of epoxide rings is 1. The molecule has 1 N–H and O–H groups in total. The van der Waals surface area contributed by atoms with Gasteiger partial charge in [-0.3, -0.25) is 15.5 Å². The third-order valence-electron chi connectivity index (χ3n) is 17.7. The molecule has 0 aromatic heterocycles. The van der Waals surface area contributed by atoms with Gasteiger partial charge in [-0.15, -0.1) is 12.8 Å². The summed E-state index contributed by atoms with van der Waals surface area (Å²) in [5.41, 5.74) is 2.12. The van der Waals surface area contributed by atoms with Gasteiger partial charge in [0, 0.05) is 147 Å². The van der Waals surface area contributed by atoms with E-state index >= 15 is 0 Å². The molecular formula is C48H75N2O8Y3-3. The molecule has 3 radical (unpaired) electrons. The Balaban J connectivity index is 0.000000170. The molecule has 1 amide bonds. The van der Waals surface area contributed by atoms with Crippen LogP contribution in [-0.4, -0.2) is 82.2 Å². The molecule has 3 saturated carbocycles. The van der Waals surface area contributed by atoms with E-state index in [2.05, 4.69) is 64.8 Å². The second-order valence-electron chi connectivity index (χ2n) is 22.2. The van der Waals surface area contributed by atoms with Gasteiger partial charge in [-0.05, 0) is 94.9 Å². The van der Waals surface area contributed by atoms with Gasteiger partial charge in [-0.2, -0.15) is 26.7 Å². The number of hydrogen-bond acceptors (Lipinski definition) is 8. The minimum Gasteiger partial charge on any atom is -0.634 e. The average molecular weight is 1070 g/mol. The van der Waals surface area contributed by atoms with Crippen molar-refractivity contribution in [2.75, 3.05) is 19.6 Å². The van der Waals surface area contributed by atoms with Crippen molar-refractivity contribution in [1.82, 2.24) is 4.90 Å². The summed E-state index contributed by atoms with van der Waals surface area (Å²) in [4.78, 5) is 31.1. The van der Waals surface area contributed by atoms with Gasteiger partial charge in [-0.1, -0.05) is 40.0 Å². The van der Waals surface area contributed by atoms with E-state index in [1.54, 1.807) is 6.92 Å². The van der Waals surface area contributed by atoms with Crippen LogP contribution in [0, 0.1) is 81.6 Å². The largest absolute Gasteiger partial charge is 0.634 e. The number of rotatable bonds is 1. The predicted molar refractivity (Wildman–Crippen MR) is 221 cm³/mol. The number of nitrogens with zero attached hydrogens (tertiary/aromatic N) is 2. The number of esters is 1. The molecule has 3 unspecified atom stereocenters. The zero-order chi connectivity index (χ0) is 41.7. The van der Waals surface area contributed by atoms with E-state index < -0.39 is 12.1 Å². The van der Waals surface area contributed by atoms with E-state index in [1.807, 2.05) is 6.92 Å². The minimum atomic E-state index is -1.10. The summed E-state index contributed by atoms with van der Waals surface area (Å²) in [6.07, 6.45) is 13.6. The summed E-state index contributed by atoms with van der Waals surface area (Å²) in [6, 6.07) is 0.655. The Hall–Kier alpha value is 1.62. The second-order valence-corrected chi connectivity index (χ2v) is 22.2. The van der Waals surface area contributed by atoms with Gasteiger partial charge in [-0.25, -0.2) is 28.2 Å². The number of carbonyl (C=O) groups is 2. The van der Waals surface area contributed by atoms with Gasteiger partial charge < -0.3 is 34.9 Å².